The number of amides is 1. The van der Waals surface area contributed by atoms with E-state index in [-0.39, 0.29) is 17.3 Å². The molecule has 0 N–H and O–H groups in total. The fraction of sp³-hybridized carbons (Fsp3) is 0.188. The number of anilines is 2. The topological polar surface area (TPSA) is 92.9 Å². The molecule has 2 aromatic rings. The number of carbonyl (C=O) groups is 1. The number of hydrogen-bond donors (Lipinski definition) is 0. The minimum atomic E-state index is -0.488. The van der Waals surface area contributed by atoms with Crippen LogP contribution in [0, 0.1) is 15.0 Å². The van der Waals surface area contributed by atoms with Crippen molar-refractivity contribution in [1.82, 2.24) is 0 Å². The Hall–Kier alpha value is -2.74. The van der Waals surface area contributed by atoms with Crippen LogP contribution in [0.5, 0.6) is 0 Å². The predicted octanol–water partition coefficient (Wildman–Crippen LogP) is 5.17. The second kappa shape index (κ2) is 7.22. The maximum Gasteiger partial charge on any atom is 0.270 e. The van der Waals surface area contributed by atoms with E-state index in [1.165, 1.54) is 41.8 Å². The average Bonchev–Trinajstić information content (AvgIpc) is 2.59. The quantitative estimate of drug-likeness (QED) is 0.425. The molecule has 2 aromatic carbocycles. The highest BCUT2D eigenvalue weighted by Gasteiger charge is 2.28. The Morgan fingerprint density at radius 1 is 1.12 bits per heavy atom. The van der Waals surface area contributed by atoms with Gasteiger partial charge in [-0.2, -0.15) is 0 Å². The SMILES string of the molecule is CC.CC(=O)N1c2ccc(N=O)cc2Sc2cc([N+](=O)[O-])ccc21. The lowest BCUT2D eigenvalue weighted by molar-refractivity contribution is -0.385. The van der Waals surface area contributed by atoms with Crippen molar-refractivity contribution in [3.05, 3.63) is 51.4 Å². The molecule has 1 amide bonds. The van der Waals surface area contributed by atoms with Crippen LogP contribution in [-0.2, 0) is 4.79 Å². The first-order valence-corrected chi connectivity index (χ1v) is 8.07. The largest absolute Gasteiger partial charge is 0.279 e. The van der Waals surface area contributed by atoms with E-state index in [0.717, 1.165) is 0 Å². The van der Waals surface area contributed by atoms with Crippen molar-refractivity contribution in [1.29, 1.82) is 0 Å². The second-order valence-corrected chi connectivity index (χ2v) is 5.69. The van der Waals surface area contributed by atoms with Crippen LogP contribution in [0.4, 0.5) is 22.7 Å². The van der Waals surface area contributed by atoms with Crippen molar-refractivity contribution in [3.8, 4) is 0 Å². The minimum Gasteiger partial charge on any atom is -0.279 e. The fourth-order valence-corrected chi connectivity index (χ4v) is 3.42. The van der Waals surface area contributed by atoms with Crippen LogP contribution in [0.15, 0.2) is 51.4 Å². The van der Waals surface area contributed by atoms with Crippen LogP contribution in [0.3, 0.4) is 0 Å². The third kappa shape index (κ3) is 3.13. The van der Waals surface area contributed by atoms with Crippen LogP contribution in [0.2, 0.25) is 0 Å². The summed E-state index contributed by atoms with van der Waals surface area (Å²) < 4.78 is 0. The fourth-order valence-electron chi connectivity index (χ4n) is 2.30. The maximum absolute atomic E-state index is 12.0. The molecule has 0 spiro atoms. The molecular formula is C16H15N3O4S. The molecule has 0 aliphatic carbocycles. The molecule has 0 bridgehead atoms. The Balaban J connectivity index is 0.00000100. The molecule has 0 unspecified atom stereocenters. The first kappa shape index (κ1) is 17.6. The van der Waals surface area contributed by atoms with Crippen molar-refractivity contribution in [2.45, 2.75) is 30.6 Å². The summed E-state index contributed by atoms with van der Waals surface area (Å²) in [6, 6.07) is 9.06. The number of nitro groups is 1. The zero-order chi connectivity index (χ0) is 17.9. The van der Waals surface area contributed by atoms with Gasteiger partial charge in [-0.25, -0.2) is 0 Å². The summed E-state index contributed by atoms with van der Waals surface area (Å²) in [5.74, 6) is -0.219. The van der Waals surface area contributed by atoms with Crippen LogP contribution in [0.1, 0.15) is 20.8 Å². The third-order valence-electron chi connectivity index (χ3n) is 3.22. The number of non-ortho nitro benzene ring substituents is 1. The van der Waals surface area contributed by atoms with Gasteiger partial charge >= 0.3 is 0 Å². The molecule has 24 heavy (non-hydrogen) atoms. The number of fused-ring (bicyclic) bond motifs is 2. The zero-order valence-corrected chi connectivity index (χ0v) is 14.2. The lowest BCUT2D eigenvalue weighted by atomic mass is 10.2. The minimum absolute atomic E-state index is 0.0529. The number of carbonyl (C=O) groups excluding carboxylic acids is 1. The van der Waals surface area contributed by atoms with E-state index in [1.54, 1.807) is 18.2 Å². The summed E-state index contributed by atoms with van der Waals surface area (Å²) in [6.07, 6.45) is 0. The summed E-state index contributed by atoms with van der Waals surface area (Å²) in [4.78, 5) is 35.8. The van der Waals surface area contributed by atoms with Crippen LogP contribution >= 0.6 is 11.8 Å². The van der Waals surface area contributed by atoms with Crippen molar-refractivity contribution < 1.29 is 9.72 Å². The van der Waals surface area contributed by atoms with Crippen molar-refractivity contribution in [2.24, 2.45) is 5.18 Å². The van der Waals surface area contributed by atoms with Gasteiger partial charge in [0.05, 0.1) is 16.3 Å². The first-order valence-electron chi connectivity index (χ1n) is 7.25. The Bertz CT molecular complexity index is 823. The number of rotatable bonds is 2. The number of benzene rings is 2. The van der Waals surface area contributed by atoms with Gasteiger partial charge in [-0.05, 0) is 29.4 Å². The van der Waals surface area contributed by atoms with Gasteiger partial charge in [-0.3, -0.25) is 19.8 Å². The molecule has 124 valence electrons. The van der Waals surface area contributed by atoms with Gasteiger partial charge in [0.15, 0.2) is 0 Å². The van der Waals surface area contributed by atoms with Crippen LogP contribution in [-0.4, -0.2) is 10.8 Å². The number of hydrogen-bond acceptors (Lipinski definition) is 6. The van der Waals surface area contributed by atoms with E-state index in [4.69, 9.17) is 0 Å². The molecule has 1 aliphatic heterocycles. The standard InChI is InChI=1S/C14H9N3O4S.C2H6/c1-8(18)16-11-4-2-9(15-19)6-13(11)22-14-7-10(17(20)21)3-5-12(14)16;1-2/h2-7H,1H3;1-2H3. The summed E-state index contributed by atoms with van der Waals surface area (Å²) in [5, 5.41) is 13.8. The second-order valence-electron chi connectivity index (χ2n) is 4.61. The van der Waals surface area contributed by atoms with Gasteiger partial charge in [-0.15, -0.1) is 4.91 Å². The lowest BCUT2D eigenvalue weighted by Gasteiger charge is -2.30. The highest BCUT2D eigenvalue weighted by molar-refractivity contribution is 7.99. The Labute approximate surface area is 142 Å². The highest BCUT2D eigenvalue weighted by atomic mass is 32.2. The summed E-state index contributed by atoms with van der Waals surface area (Å²) in [7, 11) is 0. The van der Waals surface area contributed by atoms with E-state index in [0.29, 0.717) is 21.2 Å². The van der Waals surface area contributed by atoms with Crippen LogP contribution in [0.25, 0.3) is 0 Å². The van der Waals surface area contributed by atoms with Crippen molar-refractivity contribution in [2.75, 3.05) is 4.90 Å². The Morgan fingerprint density at radius 2 is 1.71 bits per heavy atom. The average molecular weight is 345 g/mol. The normalized spacial score (nSPS) is 11.5. The van der Waals surface area contributed by atoms with Gasteiger partial charge in [-0.1, -0.05) is 25.6 Å². The van der Waals surface area contributed by atoms with Gasteiger partial charge in [0.2, 0.25) is 5.91 Å². The molecule has 3 rings (SSSR count). The maximum atomic E-state index is 12.0. The monoisotopic (exact) mass is 345 g/mol. The third-order valence-corrected chi connectivity index (χ3v) is 4.31. The molecule has 1 heterocycles. The zero-order valence-electron chi connectivity index (χ0n) is 13.3. The molecule has 0 saturated carbocycles. The molecule has 0 fully saturated rings. The highest BCUT2D eigenvalue weighted by Crippen LogP contribution is 2.50. The number of nitroso groups, excluding NO2 is 1. The molecule has 0 aromatic heterocycles. The van der Waals surface area contributed by atoms with Gasteiger partial charge in [0, 0.05) is 28.8 Å². The number of nitrogens with zero attached hydrogens (tertiary/aromatic N) is 3. The lowest BCUT2D eigenvalue weighted by Crippen LogP contribution is -2.25. The first-order chi connectivity index (χ1) is 11.5. The summed E-state index contributed by atoms with van der Waals surface area (Å²) in [5.41, 5.74) is 1.40. The molecule has 0 atom stereocenters. The molecule has 0 radical (unpaired) electrons. The van der Waals surface area contributed by atoms with Gasteiger partial charge < -0.3 is 0 Å². The molecular weight excluding hydrogens is 330 g/mol. The Kier molecular flexibility index (Phi) is 5.30. The van der Waals surface area contributed by atoms with Crippen molar-refractivity contribution >= 4 is 40.4 Å². The molecule has 8 heteroatoms. The van der Waals surface area contributed by atoms with Crippen molar-refractivity contribution in [3.63, 3.8) is 0 Å². The van der Waals surface area contributed by atoms with E-state index in [1.807, 2.05) is 13.8 Å². The predicted molar refractivity (Wildman–Crippen MR) is 93.3 cm³/mol. The summed E-state index contributed by atoms with van der Waals surface area (Å²) in [6.45, 7) is 5.41. The molecule has 1 aliphatic rings. The molecule has 7 nitrogen and oxygen atoms in total. The number of nitro benzene ring substituents is 1. The smallest absolute Gasteiger partial charge is 0.270 e. The van der Waals surface area contributed by atoms with Crippen LogP contribution < -0.4 is 4.90 Å². The van der Waals surface area contributed by atoms with E-state index in [2.05, 4.69) is 5.18 Å². The van der Waals surface area contributed by atoms with Gasteiger partial charge in [0.1, 0.15) is 5.69 Å². The van der Waals surface area contributed by atoms with E-state index < -0.39 is 4.92 Å². The van der Waals surface area contributed by atoms with Gasteiger partial charge in [0.25, 0.3) is 5.69 Å². The van der Waals surface area contributed by atoms with E-state index >= 15 is 0 Å². The Morgan fingerprint density at radius 3 is 2.25 bits per heavy atom. The summed E-state index contributed by atoms with van der Waals surface area (Å²) >= 11 is 1.27. The van der Waals surface area contributed by atoms with E-state index in [9.17, 15) is 19.8 Å². The molecule has 0 saturated heterocycles.